The lowest BCUT2D eigenvalue weighted by atomic mass is 10.1. The highest BCUT2D eigenvalue weighted by molar-refractivity contribution is 5.96. The van der Waals surface area contributed by atoms with Crippen molar-refractivity contribution >= 4 is 17.6 Å². The van der Waals surface area contributed by atoms with E-state index in [1.54, 1.807) is 23.1 Å². The quantitative estimate of drug-likeness (QED) is 0.488. The summed E-state index contributed by atoms with van der Waals surface area (Å²) >= 11 is 0. The van der Waals surface area contributed by atoms with E-state index < -0.39 is 5.82 Å². The molecule has 0 N–H and O–H groups in total. The first-order valence-electron chi connectivity index (χ1n) is 11.2. The molecule has 1 fully saturated rings. The zero-order chi connectivity index (χ0) is 24.8. The highest BCUT2D eigenvalue weighted by Crippen LogP contribution is 2.20. The van der Waals surface area contributed by atoms with Gasteiger partial charge in [-0.25, -0.2) is 8.78 Å². The van der Waals surface area contributed by atoms with Gasteiger partial charge >= 0.3 is 0 Å². The molecule has 0 saturated carbocycles. The number of hydrogen-bond donors (Lipinski definition) is 0. The normalized spacial score (nSPS) is 13.4. The number of anilines is 1. The fourth-order valence-corrected chi connectivity index (χ4v) is 3.87. The highest BCUT2D eigenvalue weighted by atomic mass is 19.1. The van der Waals surface area contributed by atoms with Crippen molar-refractivity contribution in [3.05, 3.63) is 90.5 Å². The number of benzene rings is 2. The van der Waals surface area contributed by atoms with E-state index in [0.29, 0.717) is 43.3 Å². The lowest BCUT2D eigenvalue weighted by Gasteiger charge is -2.36. The monoisotopic (exact) mass is 477 g/mol. The molecule has 0 spiro atoms. The Hall–Kier alpha value is -4.14. The second-order valence-electron chi connectivity index (χ2n) is 8.13. The summed E-state index contributed by atoms with van der Waals surface area (Å²) in [5.74, 6) is -0.561. The van der Waals surface area contributed by atoms with E-state index in [0.717, 1.165) is 5.56 Å². The molecular formula is C26H25F2N5O2. The lowest BCUT2D eigenvalue weighted by Crippen LogP contribution is -2.52. The summed E-state index contributed by atoms with van der Waals surface area (Å²) in [5.41, 5.74) is 1.74. The van der Waals surface area contributed by atoms with Gasteiger partial charge in [-0.3, -0.25) is 9.59 Å². The van der Waals surface area contributed by atoms with Gasteiger partial charge in [-0.1, -0.05) is 6.08 Å². The number of halogens is 2. The van der Waals surface area contributed by atoms with Gasteiger partial charge in [-0.05, 0) is 60.7 Å². The Morgan fingerprint density at radius 3 is 2.09 bits per heavy atom. The largest absolute Gasteiger partial charge is 0.352 e. The third kappa shape index (κ3) is 5.87. The van der Waals surface area contributed by atoms with Crippen LogP contribution in [0.2, 0.25) is 0 Å². The molecule has 7 nitrogen and oxygen atoms in total. The van der Waals surface area contributed by atoms with Gasteiger partial charge in [-0.2, -0.15) is 0 Å². The third-order valence-corrected chi connectivity index (χ3v) is 5.80. The van der Waals surface area contributed by atoms with Crippen LogP contribution in [0.25, 0.3) is 11.3 Å². The fourth-order valence-electron chi connectivity index (χ4n) is 3.87. The van der Waals surface area contributed by atoms with E-state index in [1.807, 2.05) is 17.0 Å². The Balaban J connectivity index is 1.33. The van der Waals surface area contributed by atoms with E-state index in [-0.39, 0.29) is 30.7 Å². The summed E-state index contributed by atoms with van der Waals surface area (Å²) in [6.07, 6.45) is 1.56. The smallest absolute Gasteiger partial charge is 0.254 e. The van der Waals surface area contributed by atoms with Crippen LogP contribution in [-0.2, 0) is 4.79 Å². The van der Waals surface area contributed by atoms with Gasteiger partial charge in [0.2, 0.25) is 5.91 Å². The van der Waals surface area contributed by atoms with Gasteiger partial charge in [0.05, 0.1) is 5.69 Å². The molecule has 2 amide bonds. The summed E-state index contributed by atoms with van der Waals surface area (Å²) < 4.78 is 26.3. The van der Waals surface area contributed by atoms with Gasteiger partial charge in [-0.15, -0.1) is 16.8 Å². The number of carbonyl (C=O) groups is 2. The van der Waals surface area contributed by atoms with Crippen molar-refractivity contribution in [2.75, 3.05) is 44.2 Å². The molecule has 0 aliphatic carbocycles. The Morgan fingerprint density at radius 1 is 0.886 bits per heavy atom. The maximum Gasteiger partial charge on any atom is 0.254 e. The van der Waals surface area contributed by atoms with Crippen LogP contribution >= 0.6 is 0 Å². The van der Waals surface area contributed by atoms with Gasteiger partial charge in [0, 0.05) is 43.9 Å². The second-order valence-corrected chi connectivity index (χ2v) is 8.13. The van der Waals surface area contributed by atoms with Crippen LogP contribution < -0.4 is 4.90 Å². The van der Waals surface area contributed by atoms with Gasteiger partial charge < -0.3 is 14.7 Å². The van der Waals surface area contributed by atoms with Crippen LogP contribution in [0, 0.1) is 11.6 Å². The van der Waals surface area contributed by atoms with E-state index in [4.69, 9.17) is 0 Å². The summed E-state index contributed by atoms with van der Waals surface area (Å²) in [5, 5.41) is 8.54. The van der Waals surface area contributed by atoms with Crippen LogP contribution in [0.15, 0.2) is 73.3 Å². The molecule has 35 heavy (non-hydrogen) atoms. The van der Waals surface area contributed by atoms with E-state index >= 15 is 0 Å². The van der Waals surface area contributed by atoms with E-state index in [1.165, 1.54) is 41.3 Å². The van der Waals surface area contributed by atoms with Crippen molar-refractivity contribution in [3.8, 4) is 11.3 Å². The molecule has 0 atom stereocenters. The number of piperazine rings is 1. The van der Waals surface area contributed by atoms with Crippen molar-refractivity contribution in [3.63, 3.8) is 0 Å². The minimum absolute atomic E-state index is 0.0889. The predicted molar refractivity (Wildman–Crippen MR) is 129 cm³/mol. The molecule has 1 aliphatic heterocycles. The molecule has 2 heterocycles. The first-order chi connectivity index (χ1) is 16.9. The molecule has 1 aliphatic rings. The number of amides is 2. The zero-order valence-electron chi connectivity index (χ0n) is 19.1. The predicted octanol–water partition coefficient (Wildman–Crippen LogP) is 3.40. The van der Waals surface area contributed by atoms with Crippen LogP contribution in [0.1, 0.15) is 10.4 Å². The zero-order valence-corrected chi connectivity index (χ0v) is 19.1. The molecule has 180 valence electrons. The molecule has 2 aromatic carbocycles. The minimum atomic E-state index is -0.430. The third-order valence-electron chi connectivity index (χ3n) is 5.80. The van der Waals surface area contributed by atoms with Crippen LogP contribution in [-0.4, -0.2) is 71.1 Å². The van der Waals surface area contributed by atoms with Gasteiger partial charge in [0.25, 0.3) is 5.91 Å². The second kappa shape index (κ2) is 10.9. The molecule has 0 unspecified atom stereocenters. The lowest BCUT2D eigenvalue weighted by molar-refractivity contribution is -0.132. The maximum absolute atomic E-state index is 13.2. The first kappa shape index (κ1) is 24.0. The Kier molecular flexibility index (Phi) is 7.45. The number of aromatic nitrogens is 2. The number of hydrogen-bond acceptors (Lipinski definition) is 5. The molecule has 0 bridgehead atoms. The minimum Gasteiger partial charge on any atom is -0.352 e. The maximum atomic E-state index is 13.2. The molecule has 1 aromatic heterocycles. The SMILES string of the molecule is C=CCN(CC(=O)N1CCN(c2ccc(-c3ccc(F)cc3)nn2)CC1)C(=O)c1ccc(F)cc1. The van der Waals surface area contributed by atoms with Crippen LogP contribution in [0.4, 0.5) is 14.6 Å². The van der Waals surface area contributed by atoms with Crippen molar-refractivity contribution in [2.45, 2.75) is 0 Å². The highest BCUT2D eigenvalue weighted by Gasteiger charge is 2.25. The van der Waals surface area contributed by atoms with Crippen molar-refractivity contribution in [1.29, 1.82) is 0 Å². The summed E-state index contributed by atoms with van der Waals surface area (Å²) in [6, 6.07) is 15.0. The van der Waals surface area contributed by atoms with Crippen LogP contribution in [0.5, 0.6) is 0 Å². The van der Waals surface area contributed by atoms with Crippen molar-refractivity contribution in [1.82, 2.24) is 20.0 Å². The first-order valence-corrected chi connectivity index (χ1v) is 11.2. The standard InChI is InChI=1S/C26H25F2N5O2/c1-2-13-33(26(35)20-5-9-22(28)10-6-20)18-25(34)32-16-14-31(15-17-32)24-12-11-23(29-30-24)19-3-7-21(27)8-4-19/h2-12H,1,13-18H2. The molecular weight excluding hydrogens is 452 g/mol. The topological polar surface area (TPSA) is 69.6 Å². The van der Waals surface area contributed by atoms with Crippen molar-refractivity contribution < 1.29 is 18.4 Å². The number of carbonyl (C=O) groups excluding carboxylic acids is 2. The number of rotatable bonds is 7. The Morgan fingerprint density at radius 2 is 1.51 bits per heavy atom. The summed E-state index contributed by atoms with van der Waals surface area (Å²) in [4.78, 5) is 30.8. The number of nitrogens with zero attached hydrogens (tertiary/aromatic N) is 5. The summed E-state index contributed by atoms with van der Waals surface area (Å²) in [6.45, 7) is 5.89. The molecule has 3 aromatic rings. The summed E-state index contributed by atoms with van der Waals surface area (Å²) in [7, 11) is 0. The van der Waals surface area contributed by atoms with Gasteiger partial charge in [0.15, 0.2) is 5.82 Å². The van der Waals surface area contributed by atoms with Crippen LogP contribution in [0.3, 0.4) is 0 Å². The Labute approximate surface area is 202 Å². The molecule has 4 rings (SSSR count). The average molecular weight is 478 g/mol. The average Bonchev–Trinajstić information content (AvgIpc) is 2.89. The van der Waals surface area contributed by atoms with Crippen molar-refractivity contribution in [2.24, 2.45) is 0 Å². The molecule has 0 radical (unpaired) electrons. The Bertz CT molecular complexity index is 1180. The van der Waals surface area contributed by atoms with E-state index in [9.17, 15) is 18.4 Å². The van der Waals surface area contributed by atoms with E-state index in [2.05, 4.69) is 16.8 Å². The molecule has 1 saturated heterocycles. The molecule has 9 heteroatoms. The van der Waals surface area contributed by atoms with Gasteiger partial charge in [0.1, 0.15) is 18.2 Å². The fraction of sp³-hybridized carbons (Fsp3) is 0.231.